The molecule has 0 aliphatic heterocycles. The molecule has 0 unspecified atom stereocenters. The molecular weight excluding hydrogens is 240 g/mol. The van der Waals surface area contributed by atoms with Crippen LogP contribution in [0.3, 0.4) is 0 Å². The molecule has 0 saturated carbocycles. The van der Waals surface area contributed by atoms with Crippen molar-refractivity contribution in [2.75, 3.05) is 0 Å². The monoisotopic (exact) mass is 254 g/mol. The summed E-state index contributed by atoms with van der Waals surface area (Å²) in [6.07, 6.45) is 3.99. The van der Waals surface area contributed by atoms with Gasteiger partial charge in [0.15, 0.2) is 0 Å². The van der Waals surface area contributed by atoms with E-state index in [0.29, 0.717) is 17.5 Å². The molecule has 0 bridgehead atoms. The summed E-state index contributed by atoms with van der Waals surface area (Å²) >= 11 is 0. The lowest BCUT2D eigenvalue weighted by Gasteiger charge is -2.12. The molecule has 0 aliphatic carbocycles. The van der Waals surface area contributed by atoms with Gasteiger partial charge in [0.25, 0.3) is 5.91 Å². The predicted molar refractivity (Wildman–Crippen MR) is 70.5 cm³/mol. The molecule has 0 spiro atoms. The first-order valence-corrected chi connectivity index (χ1v) is 6.01. The van der Waals surface area contributed by atoms with Crippen LogP contribution in [0.4, 0.5) is 0 Å². The van der Waals surface area contributed by atoms with Gasteiger partial charge < -0.3 is 9.73 Å². The number of carbonyl (C=O) groups is 1. The summed E-state index contributed by atoms with van der Waals surface area (Å²) in [4.78, 5) is 12.0. The lowest BCUT2D eigenvalue weighted by Crippen LogP contribution is -2.34. The van der Waals surface area contributed by atoms with E-state index in [2.05, 4.69) is 5.32 Å². The first-order chi connectivity index (χ1) is 9.19. The molecule has 0 aliphatic rings. The maximum absolute atomic E-state index is 12.0. The summed E-state index contributed by atoms with van der Waals surface area (Å²) in [6, 6.07) is 10.5. The number of amides is 1. The Bertz CT molecular complexity index is 597. The normalized spacial score (nSPS) is 11.6. The second-order valence-corrected chi connectivity index (χ2v) is 4.40. The Morgan fingerprint density at radius 2 is 2.32 bits per heavy atom. The van der Waals surface area contributed by atoms with Gasteiger partial charge in [-0.25, -0.2) is 0 Å². The van der Waals surface area contributed by atoms with Crippen molar-refractivity contribution < 1.29 is 9.21 Å². The van der Waals surface area contributed by atoms with Crippen LogP contribution in [0.15, 0.2) is 47.3 Å². The first-order valence-electron chi connectivity index (χ1n) is 6.01. The lowest BCUT2D eigenvalue weighted by atomic mass is 10.1. The van der Waals surface area contributed by atoms with E-state index in [1.54, 1.807) is 36.8 Å². The maximum atomic E-state index is 12.0. The summed E-state index contributed by atoms with van der Waals surface area (Å²) in [6.45, 7) is 1.93. The maximum Gasteiger partial charge on any atom is 0.251 e. The van der Waals surface area contributed by atoms with Gasteiger partial charge in [0.2, 0.25) is 0 Å². The number of furan rings is 1. The van der Waals surface area contributed by atoms with E-state index >= 15 is 0 Å². The van der Waals surface area contributed by atoms with Gasteiger partial charge in [-0.15, -0.1) is 0 Å². The van der Waals surface area contributed by atoms with Crippen LogP contribution in [0.2, 0.25) is 0 Å². The Labute approximate surface area is 111 Å². The summed E-state index contributed by atoms with van der Waals surface area (Å²) in [5, 5.41) is 11.7. The third kappa shape index (κ3) is 3.46. The number of nitriles is 1. The highest BCUT2D eigenvalue weighted by Crippen LogP contribution is 2.07. The van der Waals surface area contributed by atoms with E-state index in [-0.39, 0.29) is 11.9 Å². The molecular formula is C15H14N2O2. The molecule has 2 rings (SSSR count). The highest BCUT2D eigenvalue weighted by atomic mass is 16.3. The van der Waals surface area contributed by atoms with Crippen molar-refractivity contribution >= 4 is 5.91 Å². The molecule has 0 fully saturated rings. The van der Waals surface area contributed by atoms with Crippen molar-refractivity contribution in [2.45, 2.75) is 19.4 Å². The van der Waals surface area contributed by atoms with Crippen LogP contribution in [-0.4, -0.2) is 11.9 Å². The van der Waals surface area contributed by atoms with Crippen molar-refractivity contribution in [3.05, 3.63) is 59.5 Å². The van der Waals surface area contributed by atoms with Crippen LogP contribution in [0.25, 0.3) is 0 Å². The third-order valence-electron chi connectivity index (χ3n) is 2.75. The second-order valence-electron chi connectivity index (χ2n) is 4.40. The average molecular weight is 254 g/mol. The van der Waals surface area contributed by atoms with E-state index in [1.807, 2.05) is 19.1 Å². The van der Waals surface area contributed by atoms with E-state index in [0.717, 1.165) is 5.56 Å². The Morgan fingerprint density at radius 3 is 3.00 bits per heavy atom. The predicted octanol–water partition coefficient (Wildman–Crippen LogP) is 2.51. The van der Waals surface area contributed by atoms with Crippen LogP contribution in [-0.2, 0) is 6.42 Å². The number of benzene rings is 1. The van der Waals surface area contributed by atoms with E-state index in [9.17, 15) is 4.79 Å². The van der Waals surface area contributed by atoms with Gasteiger partial charge in [-0.2, -0.15) is 5.26 Å². The zero-order valence-electron chi connectivity index (χ0n) is 10.6. The smallest absolute Gasteiger partial charge is 0.251 e. The van der Waals surface area contributed by atoms with Gasteiger partial charge in [0.05, 0.1) is 24.2 Å². The number of carbonyl (C=O) groups excluding carboxylic acids is 1. The Kier molecular flexibility index (Phi) is 3.99. The van der Waals surface area contributed by atoms with Crippen LogP contribution in [0, 0.1) is 11.3 Å². The van der Waals surface area contributed by atoms with Crippen molar-refractivity contribution in [3.63, 3.8) is 0 Å². The zero-order valence-corrected chi connectivity index (χ0v) is 10.6. The molecule has 2 aromatic rings. The molecule has 0 radical (unpaired) electrons. The van der Waals surface area contributed by atoms with Crippen molar-refractivity contribution in [1.82, 2.24) is 5.32 Å². The Hall–Kier alpha value is -2.54. The summed E-state index contributed by atoms with van der Waals surface area (Å²) in [5.74, 6) is -0.173. The number of rotatable bonds is 4. The molecule has 1 N–H and O–H groups in total. The summed E-state index contributed by atoms with van der Waals surface area (Å²) < 4.78 is 4.99. The fourth-order valence-corrected chi connectivity index (χ4v) is 1.85. The third-order valence-corrected chi connectivity index (χ3v) is 2.75. The first kappa shape index (κ1) is 12.9. The molecule has 0 saturated heterocycles. The van der Waals surface area contributed by atoms with Crippen molar-refractivity contribution in [3.8, 4) is 6.07 Å². The summed E-state index contributed by atoms with van der Waals surface area (Å²) in [7, 11) is 0. The molecule has 1 aromatic carbocycles. The molecule has 4 heteroatoms. The quantitative estimate of drug-likeness (QED) is 0.911. The fourth-order valence-electron chi connectivity index (χ4n) is 1.85. The van der Waals surface area contributed by atoms with Crippen molar-refractivity contribution in [1.29, 1.82) is 5.26 Å². The molecule has 1 atom stereocenters. The fraction of sp³-hybridized carbons (Fsp3) is 0.200. The number of nitrogens with one attached hydrogen (secondary N) is 1. The van der Waals surface area contributed by atoms with E-state index < -0.39 is 0 Å². The van der Waals surface area contributed by atoms with Gasteiger partial charge in [-0.05, 0) is 43.2 Å². The van der Waals surface area contributed by atoms with Crippen LogP contribution < -0.4 is 5.32 Å². The van der Waals surface area contributed by atoms with Gasteiger partial charge in [0, 0.05) is 11.6 Å². The SMILES string of the molecule is C[C@H](Cc1ccoc1)NC(=O)c1cccc(C#N)c1. The Morgan fingerprint density at radius 1 is 1.47 bits per heavy atom. The largest absolute Gasteiger partial charge is 0.472 e. The second kappa shape index (κ2) is 5.87. The zero-order chi connectivity index (χ0) is 13.7. The minimum atomic E-state index is -0.173. The van der Waals surface area contributed by atoms with Gasteiger partial charge in [0.1, 0.15) is 0 Å². The average Bonchev–Trinajstić information content (AvgIpc) is 2.91. The topological polar surface area (TPSA) is 66.0 Å². The Balaban J connectivity index is 1.98. The van der Waals surface area contributed by atoms with Gasteiger partial charge in [-0.1, -0.05) is 6.07 Å². The molecule has 1 heterocycles. The van der Waals surface area contributed by atoms with E-state index in [1.165, 1.54) is 0 Å². The lowest BCUT2D eigenvalue weighted by molar-refractivity contribution is 0.0940. The van der Waals surface area contributed by atoms with Crippen LogP contribution in [0.5, 0.6) is 0 Å². The van der Waals surface area contributed by atoms with E-state index in [4.69, 9.17) is 9.68 Å². The van der Waals surface area contributed by atoms with Crippen LogP contribution >= 0.6 is 0 Å². The van der Waals surface area contributed by atoms with Crippen molar-refractivity contribution in [2.24, 2.45) is 0 Å². The minimum absolute atomic E-state index is 0.00385. The highest BCUT2D eigenvalue weighted by Gasteiger charge is 2.11. The number of nitrogens with zero attached hydrogens (tertiary/aromatic N) is 1. The number of hydrogen-bond acceptors (Lipinski definition) is 3. The van der Waals surface area contributed by atoms with Gasteiger partial charge >= 0.3 is 0 Å². The standard InChI is InChI=1S/C15H14N2O2/c1-11(7-13-5-6-19-10-13)17-15(18)14-4-2-3-12(8-14)9-16/h2-6,8,10-11H,7H2,1H3,(H,17,18)/t11-/m1/s1. The molecule has 4 nitrogen and oxygen atoms in total. The number of hydrogen-bond donors (Lipinski definition) is 1. The highest BCUT2D eigenvalue weighted by molar-refractivity contribution is 5.94. The van der Waals surface area contributed by atoms with Gasteiger partial charge in [-0.3, -0.25) is 4.79 Å². The summed E-state index contributed by atoms with van der Waals surface area (Å²) in [5.41, 5.74) is 2.02. The van der Waals surface area contributed by atoms with Crippen LogP contribution in [0.1, 0.15) is 28.4 Å². The molecule has 1 amide bonds. The molecule has 1 aromatic heterocycles. The molecule has 19 heavy (non-hydrogen) atoms. The minimum Gasteiger partial charge on any atom is -0.472 e. The molecule has 96 valence electrons.